The maximum atomic E-state index is 12.3. The Morgan fingerprint density at radius 3 is 2.19 bits per heavy atom. The van der Waals surface area contributed by atoms with E-state index in [4.69, 9.17) is 9.57 Å². The second kappa shape index (κ2) is 7.56. The van der Waals surface area contributed by atoms with E-state index in [1.807, 2.05) is 0 Å². The maximum absolute atomic E-state index is 12.3. The number of esters is 1. The first-order chi connectivity index (χ1) is 9.46. The third-order valence-corrected chi connectivity index (χ3v) is 2.91. The minimum absolute atomic E-state index is 0.0940. The van der Waals surface area contributed by atoms with Crippen LogP contribution in [0.25, 0.3) is 0 Å². The number of aliphatic hydroxyl groups is 1. The minimum atomic E-state index is -0.709. The highest BCUT2D eigenvalue weighted by Crippen LogP contribution is 2.20. The number of hydrogen-bond acceptors (Lipinski definition) is 5. The summed E-state index contributed by atoms with van der Waals surface area (Å²) in [6.45, 7) is 12.0. The fourth-order valence-corrected chi connectivity index (χ4v) is 1.88. The van der Waals surface area contributed by atoms with E-state index in [1.165, 1.54) is 6.92 Å². The number of likely N-dealkylation sites (N-methyl/N-ethyl adjacent to an activating group) is 1. The number of hydrogen-bond donors (Lipinski definition) is 1. The summed E-state index contributed by atoms with van der Waals surface area (Å²) >= 11 is 0. The summed E-state index contributed by atoms with van der Waals surface area (Å²) in [6, 6.07) is -0.709. The third-order valence-electron chi connectivity index (χ3n) is 2.91. The van der Waals surface area contributed by atoms with Crippen LogP contribution in [0.5, 0.6) is 0 Å². The fourth-order valence-electron chi connectivity index (χ4n) is 1.88. The number of ether oxygens (including phenoxy) is 1. The van der Waals surface area contributed by atoms with Crippen LogP contribution in [0.15, 0.2) is 12.2 Å². The molecule has 0 aromatic rings. The number of aliphatic hydroxyl groups excluding tert-OH is 1. The average Bonchev–Trinajstić information content (AvgIpc) is 2.26. The monoisotopic (exact) mass is 302 g/mol. The molecule has 0 rings (SSSR count). The van der Waals surface area contributed by atoms with Crippen molar-refractivity contribution >= 4 is 11.9 Å². The second-order valence-electron chi connectivity index (χ2n) is 6.24. The van der Waals surface area contributed by atoms with E-state index in [9.17, 15) is 14.7 Å². The highest BCUT2D eigenvalue weighted by atomic mass is 16.7. The zero-order valence-corrected chi connectivity index (χ0v) is 13.9. The lowest BCUT2D eigenvalue weighted by atomic mass is 10.1. The number of rotatable bonds is 7. The molecule has 0 amide bonds. The van der Waals surface area contributed by atoms with Crippen molar-refractivity contribution in [1.29, 1.82) is 0 Å². The summed E-state index contributed by atoms with van der Waals surface area (Å²) in [5.41, 5.74) is -0.399. The van der Waals surface area contributed by atoms with E-state index >= 15 is 0 Å². The Hall–Kier alpha value is -1.40. The summed E-state index contributed by atoms with van der Waals surface area (Å²) in [5, 5.41) is 9.23. The number of quaternary nitrogens is 1. The van der Waals surface area contributed by atoms with Crippen LogP contribution in [0.1, 0.15) is 41.0 Å². The highest BCUT2D eigenvalue weighted by Gasteiger charge is 2.44. The molecule has 0 aromatic heterocycles. The van der Waals surface area contributed by atoms with Gasteiger partial charge in [-0.3, -0.25) is 4.84 Å². The summed E-state index contributed by atoms with van der Waals surface area (Å²) in [5.74, 6) is -1.07. The van der Waals surface area contributed by atoms with Gasteiger partial charge in [0.15, 0.2) is 0 Å². The smallest absolute Gasteiger partial charge is 0.392 e. The summed E-state index contributed by atoms with van der Waals surface area (Å²) in [4.78, 5) is 29.5. The van der Waals surface area contributed by atoms with Crippen molar-refractivity contribution in [2.24, 2.45) is 0 Å². The lowest BCUT2D eigenvalue weighted by Crippen LogP contribution is -2.58. The maximum Gasteiger partial charge on any atom is 0.392 e. The highest BCUT2D eigenvalue weighted by molar-refractivity contribution is 5.86. The van der Waals surface area contributed by atoms with Gasteiger partial charge in [-0.15, -0.1) is 4.65 Å². The molecule has 0 aromatic carbocycles. The molecule has 0 bridgehead atoms. The number of carbonyl (C=O) groups is 2. The van der Waals surface area contributed by atoms with Gasteiger partial charge >= 0.3 is 11.9 Å². The van der Waals surface area contributed by atoms with Crippen LogP contribution in [-0.2, 0) is 19.2 Å². The van der Waals surface area contributed by atoms with Gasteiger partial charge in [0.1, 0.15) is 19.2 Å². The molecule has 2 unspecified atom stereocenters. The van der Waals surface area contributed by atoms with Gasteiger partial charge in [0, 0.05) is 12.0 Å². The molecule has 0 fully saturated rings. The van der Waals surface area contributed by atoms with Crippen LogP contribution in [0.4, 0.5) is 0 Å². The van der Waals surface area contributed by atoms with Crippen LogP contribution in [0, 0.1) is 0 Å². The molecule has 6 nitrogen and oxygen atoms in total. The lowest BCUT2D eigenvalue weighted by Gasteiger charge is -2.36. The van der Waals surface area contributed by atoms with Crippen LogP contribution in [-0.4, -0.2) is 53.5 Å². The topological polar surface area (TPSA) is 72.8 Å². The molecule has 0 aliphatic heterocycles. The van der Waals surface area contributed by atoms with Crippen molar-refractivity contribution in [3.63, 3.8) is 0 Å². The molecule has 122 valence electrons. The Balaban J connectivity index is 5.31. The molecule has 0 radical (unpaired) electrons. The first kappa shape index (κ1) is 19.6. The van der Waals surface area contributed by atoms with Gasteiger partial charge in [0.05, 0.1) is 6.61 Å². The molecule has 6 heteroatoms. The van der Waals surface area contributed by atoms with E-state index in [1.54, 1.807) is 34.7 Å². The van der Waals surface area contributed by atoms with E-state index < -0.39 is 23.6 Å². The Bertz CT molecular complexity index is 399. The predicted octanol–water partition coefficient (Wildman–Crippen LogP) is 1.58. The summed E-state index contributed by atoms with van der Waals surface area (Å²) in [6.07, 6.45) is 0.412. The van der Waals surface area contributed by atoms with Crippen molar-refractivity contribution in [2.75, 3.05) is 20.2 Å². The van der Waals surface area contributed by atoms with Gasteiger partial charge in [-0.1, -0.05) is 13.5 Å². The minimum Gasteiger partial charge on any atom is -0.455 e. The van der Waals surface area contributed by atoms with E-state index in [0.717, 1.165) is 0 Å². The van der Waals surface area contributed by atoms with Gasteiger partial charge in [-0.05, 0) is 27.7 Å². The molecule has 21 heavy (non-hydrogen) atoms. The van der Waals surface area contributed by atoms with Crippen molar-refractivity contribution < 1.29 is 28.9 Å². The van der Waals surface area contributed by atoms with Crippen molar-refractivity contribution in [3.05, 3.63) is 12.2 Å². The van der Waals surface area contributed by atoms with E-state index in [2.05, 4.69) is 6.58 Å². The lowest BCUT2D eigenvalue weighted by molar-refractivity contribution is -1.09. The Kier molecular flexibility index (Phi) is 7.06. The second-order valence-corrected chi connectivity index (χ2v) is 6.24. The van der Waals surface area contributed by atoms with Crippen LogP contribution in [0.3, 0.4) is 0 Å². The number of carbonyl (C=O) groups excluding carboxylic acids is 2. The molecule has 0 aliphatic carbocycles. The van der Waals surface area contributed by atoms with E-state index in [0.29, 0.717) is 6.42 Å². The normalized spacial score (nSPS) is 15.8. The fraction of sp³-hybridized carbons (Fsp3) is 0.733. The number of nitrogens with zero attached hydrogens (tertiary/aromatic N) is 1. The van der Waals surface area contributed by atoms with Crippen LogP contribution < -0.4 is 0 Å². The molecular formula is C15H28NO5+. The zero-order valence-electron chi connectivity index (χ0n) is 13.9. The standard InChI is InChI=1S/C15H28NO5/c1-8-12(14(19)20-15(4,5)6)16(7,9-10-17)21-13(18)11(2)3/h12,17H,2,8-10H2,1,3-7H3/q+1. The molecule has 0 saturated heterocycles. The van der Waals surface area contributed by atoms with E-state index in [-0.39, 0.29) is 23.4 Å². The van der Waals surface area contributed by atoms with Gasteiger partial charge in [-0.2, -0.15) is 0 Å². The first-order valence-corrected chi connectivity index (χ1v) is 7.05. The Labute approximate surface area is 126 Å². The molecular weight excluding hydrogens is 274 g/mol. The molecule has 1 N–H and O–H groups in total. The average molecular weight is 302 g/mol. The summed E-state index contributed by atoms with van der Waals surface area (Å²) < 4.78 is 5.01. The quantitative estimate of drug-likeness (QED) is 0.334. The molecule has 2 atom stereocenters. The summed E-state index contributed by atoms with van der Waals surface area (Å²) in [7, 11) is 1.58. The van der Waals surface area contributed by atoms with Crippen molar-refractivity contribution in [3.8, 4) is 0 Å². The predicted molar refractivity (Wildman–Crippen MR) is 79.0 cm³/mol. The largest absolute Gasteiger partial charge is 0.455 e. The molecule has 0 saturated carbocycles. The van der Waals surface area contributed by atoms with Crippen molar-refractivity contribution in [1.82, 2.24) is 0 Å². The zero-order chi connectivity index (χ0) is 16.8. The van der Waals surface area contributed by atoms with Crippen LogP contribution >= 0.6 is 0 Å². The van der Waals surface area contributed by atoms with Gasteiger partial charge in [0.2, 0.25) is 6.04 Å². The number of hydroxylamine groups is 3. The Morgan fingerprint density at radius 2 is 1.86 bits per heavy atom. The molecule has 0 aliphatic rings. The molecule has 0 spiro atoms. The van der Waals surface area contributed by atoms with Crippen LogP contribution in [0.2, 0.25) is 0 Å². The third kappa shape index (κ3) is 6.27. The van der Waals surface area contributed by atoms with Gasteiger partial charge in [0.25, 0.3) is 0 Å². The van der Waals surface area contributed by atoms with Gasteiger partial charge in [-0.25, -0.2) is 9.59 Å². The SMILES string of the molecule is C=C(C)C(=O)O[N+](C)(CCO)C(CC)C(=O)OC(C)(C)C. The Morgan fingerprint density at radius 1 is 1.33 bits per heavy atom. The first-order valence-electron chi connectivity index (χ1n) is 7.05. The molecule has 0 heterocycles. The van der Waals surface area contributed by atoms with Gasteiger partial charge < -0.3 is 9.84 Å². The van der Waals surface area contributed by atoms with Crippen molar-refractivity contribution in [2.45, 2.75) is 52.7 Å².